The van der Waals surface area contributed by atoms with E-state index >= 15 is 0 Å². The quantitative estimate of drug-likeness (QED) is 0.647. The first kappa shape index (κ1) is 11.3. The van der Waals surface area contributed by atoms with Crippen LogP contribution in [0.5, 0.6) is 5.75 Å². The van der Waals surface area contributed by atoms with Crippen molar-refractivity contribution < 1.29 is 14.8 Å². The van der Waals surface area contributed by atoms with E-state index < -0.39 is 10.7 Å². The third-order valence-electron chi connectivity index (χ3n) is 2.82. The number of nitrogens with zero attached hydrogens (tertiary/aromatic N) is 2. The minimum Gasteiger partial charge on any atom is -0.501 e. The van der Waals surface area contributed by atoms with Gasteiger partial charge in [0.15, 0.2) is 0 Å². The van der Waals surface area contributed by atoms with Crippen LogP contribution in [0.4, 0.5) is 11.4 Å². The number of aromatic hydroxyl groups is 1. The van der Waals surface area contributed by atoms with E-state index in [4.69, 9.17) is 4.74 Å². The molecule has 19 heavy (non-hydrogen) atoms. The van der Waals surface area contributed by atoms with Crippen molar-refractivity contribution >= 4 is 22.3 Å². The number of fused-ring (bicyclic) bond motifs is 1. The van der Waals surface area contributed by atoms with E-state index in [0.717, 1.165) is 5.70 Å². The fourth-order valence-electron chi connectivity index (χ4n) is 1.85. The molecule has 1 aliphatic heterocycles. The van der Waals surface area contributed by atoms with Crippen molar-refractivity contribution in [1.82, 2.24) is 4.98 Å². The molecular formula is C12H9N3O4. The van der Waals surface area contributed by atoms with Gasteiger partial charge in [0.25, 0.3) is 0 Å². The van der Waals surface area contributed by atoms with Crippen LogP contribution in [0, 0.1) is 10.1 Å². The largest absolute Gasteiger partial charge is 0.501 e. The first-order chi connectivity index (χ1) is 9.16. The van der Waals surface area contributed by atoms with Crippen molar-refractivity contribution in [3.05, 3.63) is 46.5 Å². The zero-order valence-electron chi connectivity index (χ0n) is 9.66. The molecule has 3 rings (SSSR count). The highest BCUT2D eigenvalue weighted by atomic mass is 16.6. The molecule has 0 saturated carbocycles. The maximum atomic E-state index is 10.8. The lowest BCUT2D eigenvalue weighted by Gasteiger charge is -2.18. The molecule has 0 radical (unpaired) electrons. The van der Waals surface area contributed by atoms with Crippen molar-refractivity contribution in [2.45, 2.75) is 0 Å². The first-order valence-electron chi connectivity index (χ1n) is 5.49. The number of pyridine rings is 1. The van der Waals surface area contributed by atoms with Gasteiger partial charge in [-0.15, -0.1) is 0 Å². The zero-order chi connectivity index (χ0) is 13.4. The monoisotopic (exact) mass is 259 g/mol. The van der Waals surface area contributed by atoms with E-state index in [-0.39, 0.29) is 11.2 Å². The first-order valence-corrected chi connectivity index (χ1v) is 5.49. The number of nitro groups is 1. The van der Waals surface area contributed by atoms with Gasteiger partial charge in [0.05, 0.1) is 10.6 Å². The fraction of sp³-hybridized carbons (Fsp3) is 0.0833. The summed E-state index contributed by atoms with van der Waals surface area (Å²) in [6, 6.07) is 4.55. The molecule has 1 aliphatic rings. The number of rotatable bonds is 3. The van der Waals surface area contributed by atoms with E-state index in [2.05, 4.69) is 10.3 Å². The summed E-state index contributed by atoms with van der Waals surface area (Å²) in [6.45, 7) is 0.489. The molecule has 0 unspecified atom stereocenters. The highest BCUT2D eigenvalue weighted by molar-refractivity contribution is 5.97. The molecule has 2 aromatic rings. The number of ether oxygens (including phenoxy) is 1. The molecule has 0 bridgehead atoms. The highest BCUT2D eigenvalue weighted by Gasteiger charge is 2.19. The standard InChI is InChI=1S/C12H9N3O4/c16-12-10(15(17)18)2-1-8-9(3-4-13-11(8)12)14-7-5-19-6-7/h1-5,16H,6H2,(H,13,14). The SMILES string of the molecule is O=[N+]([O-])c1ccc2c(NC3=COC3)ccnc2c1O. The third-order valence-corrected chi connectivity index (χ3v) is 2.82. The molecule has 0 aliphatic carbocycles. The molecule has 0 saturated heterocycles. The molecule has 0 fully saturated rings. The number of hydrogen-bond donors (Lipinski definition) is 2. The minimum absolute atomic E-state index is 0.194. The predicted octanol–water partition coefficient (Wildman–Crippen LogP) is 2.13. The summed E-state index contributed by atoms with van der Waals surface area (Å²) in [5.41, 5.74) is 1.44. The molecule has 1 aromatic heterocycles. The second-order valence-corrected chi connectivity index (χ2v) is 4.02. The Hall–Kier alpha value is -2.83. The predicted molar refractivity (Wildman–Crippen MR) is 67.7 cm³/mol. The summed E-state index contributed by atoms with van der Waals surface area (Å²) >= 11 is 0. The lowest BCUT2D eigenvalue weighted by molar-refractivity contribution is -0.385. The molecule has 0 spiro atoms. The molecule has 1 aromatic carbocycles. The Morgan fingerprint density at radius 2 is 2.21 bits per heavy atom. The van der Waals surface area contributed by atoms with Crippen LogP contribution < -0.4 is 5.32 Å². The van der Waals surface area contributed by atoms with E-state index in [1.807, 2.05) is 0 Å². The summed E-state index contributed by atoms with van der Waals surface area (Å²) in [7, 11) is 0. The minimum atomic E-state index is -0.640. The number of phenols is 1. The van der Waals surface area contributed by atoms with Crippen molar-refractivity contribution in [3.63, 3.8) is 0 Å². The van der Waals surface area contributed by atoms with E-state index in [0.29, 0.717) is 17.7 Å². The molecule has 7 nitrogen and oxygen atoms in total. The zero-order valence-corrected chi connectivity index (χ0v) is 9.66. The lowest BCUT2D eigenvalue weighted by atomic mass is 10.1. The maximum Gasteiger partial charge on any atom is 0.313 e. The van der Waals surface area contributed by atoms with Crippen LogP contribution in [-0.4, -0.2) is 21.6 Å². The van der Waals surface area contributed by atoms with Gasteiger partial charge < -0.3 is 15.2 Å². The summed E-state index contributed by atoms with van der Waals surface area (Å²) < 4.78 is 4.91. The summed E-state index contributed by atoms with van der Waals surface area (Å²) in [6.07, 6.45) is 3.06. The van der Waals surface area contributed by atoms with Gasteiger partial charge in [-0.3, -0.25) is 15.1 Å². The number of benzene rings is 1. The second kappa shape index (κ2) is 4.13. The third kappa shape index (κ3) is 1.81. The topological polar surface area (TPSA) is 97.5 Å². The van der Waals surface area contributed by atoms with Crippen LogP contribution in [-0.2, 0) is 4.74 Å². The van der Waals surface area contributed by atoms with E-state index in [1.54, 1.807) is 18.4 Å². The number of nitrogens with one attached hydrogen (secondary N) is 1. The van der Waals surface area contributed by atoms with Crippen LogP contribution in [0.2, 0.25) is 0 Å². The number of aromatic nitrogens is 1. The molecule has 96 valence electrons. The second-order valence-electron chi connectivity index (χ2n) is 4.02. The van der Waals surface area contributed by atoms with Gasteiger partial charge in [-0.2, -0.15) is 0 Å². The Morgan fingerprint density at radius 3 is 2.84 bits per heavy atom. The number of nitro benzene ring substituents is 1. The van der Waals surface area contributed by atoms with Gasteiger partial charge in [-0.1, -0.05) is 0 Å². The van der Waals surface area contributed by atoms with Gasteiger partial charge in [0.2, 0.25) is 5.75 Å². The number of hydrogen-bond acceptors (Lipinski definition) is 6. The van der Waals surface area contributed by atoms with Crippen LogP contribution in [0.1, 0.15) is 0 Å². The van der Waals surface area contributed by atoms with Gasteiger partial charge in [-0.25, -0.2) is 0 Å². The molecule has 0 atom stereocenters. The van der Waals surface area contributed by atoms with Gasteiger partial charge >= 0.3 is 5.69 Å². The van der Waals surface area contributed by atoms with Crippen LogP contribution in [0.3, 0.4) is 0 Å². The Kier molecular flexibility index (Phi) is 2.45. The Bertz CT molecular complexity index is 711. The van der Waals surface area contributed by atoms with Crippen LogP contribution >= 0.6 is 0 Å². The van der Waals surface area contributed by atoms with Crippen LogP contribution in [0.25, 0.3) is 10.9 Å². The van der Waals surface area contributed by atoms with Crippen molar-refractivity contribution in [2.24, 2.45) is 0 Å². The van der Waals surface area contributed by atoms with Gasteiger partial charge in [0, 0.05) is 23.3 Å². The van der Waals surface area contributed by atoms with E-state index in [9.17, 15) is 15.2 Å². The summed E-state index contributed by atoms with van der Waals surface area (Å²) in [5, 5.41) is 24.4. The number of phenolic OH excluding ortho intramolecular Hbond substituents is 1. The molecular weight excluding hydrogens is 250 g/mol. The smallest absolute Gasteiger partial charge is 0.313 e. The van der Waals surface area contributed by atoms with Crippen molar-refractivity contribution in [1.29, 1.82) is 0 Å². The van der Waals surface area contributed by atoms with Crippen LogP contribution in [0.15, 0.2) is 36.4 Å². The molecule has 0 amide bonds. The maximum absolute atomic E-state index is 10.8. The highest BCUT2D eigenvalue weighted by Crippen LogP contribution is 2.36. The Labute approximate surface area is 107 Å². The van der Waals surface area contributed by atoms with Crippen molar-refractivity contribution in [2.75, 3.05) is 11.9 Å². The van der Waals surface area contributed by atoms with Gasteiger partial charge in [-0.05, 0) is 12.1 Å². The lowest BCUT2D eigenvalue weighted by Crippen LogP contribution is -2.13. The summed E-state index contributed by atoms with van der Waals surface area (Å²) in [4.78, 5) is 14.1. The number of anilines is 1. The summed E-state index contributed by atoms with van der Waals surface area (Å²) in [5.74, 6) is -0.426. The van der Waals surface area contributed by atoms with Crippen molar-refractivity contribution in [3.8, 4) is 5.75 Å². The van der Waals surface area contributed by atoms with Gasteiger partial charge in [0.1, 0.15) is 18.4 Å². The average molecular weight is 259 g/mol. The molecule has 7 heteroatoms. The molecule has 2 N–H and O–H groups in total. The average Bonchev–Trinajstić information content (AvgIpc) is 2.34. The Balaban J connectivity index is 2.15. The molecule has 2 heterocycles. The van der Waals surface area contributed by atoms with E-state index in [1.165, 1.54) is 12.3 Å². The normalized spacial score (nSPS) is 13.4. The fourth-order valence-corrected chi connectivity index (χ4v) is 1.85. The Morgan fingerprint density at radius 1 is 1.42 bits per heavy atom.